The first kappa shape index (κ1) is 20.3. The van der Waals surface area contributed by atoms with Gasteiger partial charge in [0, 0.05) is 13.8 Å². The fourth-order valence-corrected chi connectivity index (χ4v) is 5.47. The fourth-order valence-electron chi connectivity index (χ4n) is 0.924. The second-order valence-corrected chi connectivity index (χ2v) is 8.94. The third-order valence-corrected chi connectivity index (χ3v) is 7.02. The zero-order valence-electron chi connectivity index (χ0n) is 12.1. The summed E-state index contributed by atoms with van der Waals surface area (Å²) in [6.07, 6.45) is 5.84. The van der Waals surface area contributed by atoms with E-state index in [1.165, 1.54) is 39.5 Å². The Bertz CT molecular complexity index is 192. The van der Waals surface area contributed by atoms with E-state index in [4.69, 9.17) is 0 Å². The van der Waals surface area contributed by atoms with Crippen LogP contribution in [0, 0.1) is 0 Å². The van der Waals surface area contributed by atoms with Crippen molar-refractivity contribution in [1.29, 1.82) is 0 Å². The molecule has 0 aromatic carbocycles. The van der Waals surface area contributed by atoms with Gasteiger partial charge in [0.1, 0.15) is 0 Å². The summed E-state index contributed by atoms with van der Waals surface area (Å²) in [5.41, 5.74) is 0. The molecule has 0 atom stereocenters. The Balaban J connectivity index is 0. The standard InChI is InChI=1S/C4H8O4Si.2C4H9.Sn/c1-3(5)7-9-8-4(2)6;2*1-3-4-2;/h9H2,1-2H3;2*1,3-4H2,2H3;. The molecule has 6 heteroatoms. The van der Waals surface area contributed by atoms with Crippen LogP contribution >= 0.6 is 0 Å². The normalized spacial score (nSPS) is 9.11. The second kappa shape index (κ2) is 17.0. The average Bonchev–Trinajstić information content (AvgIpc) is 2.29. The molecule has 0 bridgehead atoms. The Hall–Kier alpha value is -0.0444. The van der Waals surface area contributed by atoms with E-state index in [9.17, 15) is 9.59 Å². The minimum atomic E-state index is -1.38. The Morgan fingerprint density at radius 2 is 1.33 bits per heavy atom. The molecule has 0 aromatic heterocycles. The monoisotopic (exact) mass is 382 g/mol. The van der Waals surface area contributed by atoms with E-state index in [1.54, 1.807) is 8.87 Å². The molecular formula is C12H26O4SiSn. The van der Waals surface area contributed by atoms with Gasteiger partial charge in [-0.15, -0.1) is 0 Å². The van der Waals surface area contributed by atoms with Gasteiger partial charge in [0.25, 0.3) is 11.9 Å². The topological polar surface area (TPSA) is 52.6 Å². The van der Waals surface area contributed by atoms with Crippen molar-refractivity contribution in [3.63, 3.8) is 0 Å². The van der Waals surface area contributed by atoms with Crippen LogP contribution in [0.25, 0.3) is 0 Å². The number of hydrogen-bond donors (Lipinski definition) is 0. The van der Waals surface area contributed by atoms with E-state index in [2.05, 4.69) is 22.7 Å². The molecule has 0 rings (SSSR count). The summed E-state index contributed by atoms with van der Waals surface area (Å²) in [6.45, 7) is 7.13. The Kier molecular flexibility index (Phi) is 19.1. The second-order valence-electron chi connectivity index (χ2n) is 3.85. The van der Waals surface area contributed by atoms with Crippen molar-refractivity contribution in [2.45, 2.75) is 62.3 Å². The van der Waals surface area contributed by atoms with Gasteiger partial charge in [-0.05, 0) is 0 Å². The zero-order valence-corrected chi connectivity index (χ0v) is 16.4. The van der Waals surface area contributed by atoms with Crippen LogP contribution in [0.4, 0.5) is 0 Å². The van der Waals surface area contributed by atoms with E-state index in [0.29, 0.717) is 0 Å². The maximum absolute atomic E-state index is 10.0. The van der Waals surface area contributed by atoms with Gasteiger partial charge in [-0.3, -0.25) is 9.59 Å². The van der Waals surface area contributed by atoms with Gasteiger partial charge in [-0.1, -0.05) is 0 Å². The number of carbonyl (C=O) groups is 2. The van der Waals surface area contributed by atoms with E-state index in [1.807, 2.05) is 0 Å². The Morgan fingerprint density at radius 3 is 1.61 bits per heavy atom. The molecule has 0 fully saturated rings. The predicted octanol–water partition coefficient (Wildman–Crippen LogP) is 2.24. The summed E-state index contributed by atoms with van der Waals surface area (Å²) >= 11 is 0.149. The first-order chi connectivity index (χ1) is 8.54. The van der Waals surface area contributed by atoms with Gasteiger partial charge < -0.3 is 8.85 Å². The quantitative estimate of drug-likeness (QED) is 0.478. The summed E-state index contributed by atoms with van der Waals surface area (Å²) in [4.78, 5) is 20.1. The number of carbonyl (C=O) groups excluding carboxylic acids is 2. The third-order valence-electron chi connectivity index (χ3n) is 1.94. The van der Waals surface area contributed by atoms with Crippen molar-refractivity contribution >= 4 is 43.1 Å². The molecule has 0 spiro atoms. The SMILES string of the molecule is CC(=O)O[SiH2]OC(C)=O.CCC[CH2][Sn][CH2]CCC. The molecule has 0 unspecified atom stereocenters. The van der Waals surface area contributed by atoms with Crippen molar-refractivity contribution in [1.82, 2.24) is 0 Å². The third kappa shape index (κ3) is 25.0. The van der Waals surface area contributed by atoms with E-state index in [-0.39, 0.29) is 21.1 Å². The molecule has 0 saturated heterocycles. The number of unbranched alkanes of at least 4 members (excludes halogenated alkanes) is 2. The molecule has 0 N–H and O–H groups in total. The van der Waals surface area contributed by atoms with Crippen molar-refractivity contribution in [2.24, 2.45) is 0 Å². The molecular weight excluding hydrogens is 355 g/mol. The minimum absolute atomic E-state index is 0.149. The van der Waals surface area contributed by atoms with Crippen molar-refractivity contribution in [2.75, 3.05) is 0 Å². The van der Waals surface area contributed by atoms with Crippen LogP contribution in [-0.4, -0.2) is 43.1 Å². The van der Waals surface area contributed by atoms with Gasteiger partial charge in [0.15, 0.2) is 0 Å². The van der Waals surface area contributed by atoms with Crippen LogP contribution in [0.5, 0.6) is 0 Å². The van der Waals surface area contributed by atoms with Crippen molar-refractivity contribution < 1.29 is 18.4 Å². The molecule has 0 aromatic rings. The van der Waals surface area contributed by atoms with Crippen LogP contribution in [0.1, 0.15) is 53.4 Å². The molecule has 0 aliphatic carbocycles. The predicted molar refractivity (Wildman–Crippen MR) is 77.3 cm³/mol. The van der Waals surface area contributed by atoms with Crippen LogP contribution in [0.2, 0.25) is 8.87 Å². The molecule has 0 amide bonds. The summed E-state index contributed by atoms with van der Waals surface area (Å²) in [5.74, 6) is -0.800. The van der Waals surface area contributed by atoms with Gasteiger partial charge in [-0.2, -0.15) is 0 Å². The van der Waals surface area contributed by atoms with Gasteiger partial charge in [0.05, 0.1) is 0 Å². The number of rotatable bonds is 8. The molecule has 0 aliphatic rings. The molecule has 2 radical (unpaired) electrons. The van der Waals surface area contributed by atoms with E-state index >= 15 is 0 Å². The first-order valence-electron chi connectivity index (χ1n) is 6.52. The summed E-state index contributed by atoms with van der Waals surface area (Å²) < 4.78 is 12.1. The molecule has 0 heterocycles. The molecule has 4 nitrogen and oxygen atoms in total. The first-order valence-corrected chi connectivity index (χ1v) is 11.7. The van der Waals surface area contributed by atoms with Crippen LogP contribution < -0.4 is 0 Å². The molecule has 0 saturated carbocycles. The molecule has 106 valence electrons. The average molecular weight is 381 g/mol. The van der Waals surface area contributed by atoms with Crippen LogP contribution in [0.15, 0.2) is 0 Å². The van der Waals surface area contributed by atoms with E-state index < -0.39 is 21.9 Å². The van der Waals surface area contributed by atoms with E-state index in [0.717, 1.165) is 0 Å². The van der Waals surface area contributed by atoms with Gasteiger partial charge in [-0.25, -0.2) is 0 Å². The van der Waals surface area contributed by atoms with Gasteiger partial charge >= 0.3 is 79.6 Å². The number of hydrogen-bond acceptors (Lipinski definition) is 4. The summed E-state index contributed by atoms with van der Waals surface area (Å²) in [5, 5.41) is 0. The van der Waals surface area contributed by atoms with Crippen LogP contribution in [-0.2, 0) is 18.4 Å². The Labute approximate surface area is 123 Å². The summed E-state index contributed by atoms with van der Waals surface area (Å²) in [6, 6.07) is 0. The zero-order chi connectivity index (χ0) is 14.2. The molecule has 18 heavy (non-hydrogen) atoms. The van der Waals surface area contributed by atoms with Crippen molar-refractivity contribution in [3.05, 3.63) is 0 Å². The van der Waals surface area contributed by atoms with Gasteiger partial charge in [0.2, 0.25) is 0 Å². The summed E-state index contributed by atoms with van der Waals surface area (Å²) in [7, 11) is -1.38. The Morgan fingerprint density at radius 1 is 0.944 bits per heavy atom. The van der Waals surface area contributed by atoms with Crippen molar-refractivity contribution in [3.8, 4) is 0 Å². The maximum atomic E-state index is 10.0. The fraction of sp³-hybridized carbons (Fsp3) is 0.833. The van der Waals surface area contributed by atoms with Crippen LogP contribution in [0.3, 0.4) is 0 Å². The molecule has 0 aliphatic heterocycles.